The van der Waals surface area contributed by atoms with Crippen LogP contribution in [0.3, 0.4) is 0 Å². The number of thioether (sulfide) groups is 1. The van der Waals surface area contributed by atoms with E-state index in [4.69, 9.17) is 4.42 Å². The van der Waals surface area contributed by atoms with Crippen molar-refractivity contribution < 1.29 is 4.42 Å². The lowest BCUT2D eigenvalue weighted by Crippen LogP contribution is -2.21. The maximum Gasteiger partial charge on any atom is 0.184 e. The number of nitrogens with zero attached hydrogens (tertiary/aromatic N) is 4. The van der Waals surface area contributed by atoms with E-state index in [0.29, 0.717) is 0 Å². The molecule has 3 heterocycles. The number of rotatable bonds is 7. The van der Waals surface area contributed by atoms with E-state index in [1.54, 1.807) is 6.33 Å². The van der Waals surface area contributed by atoms with E-state index < -0.39 is 0 Å². The van der Waals surface area contributed by atoms with Gasteiger partial charge in [-0.2, -0.15) is 0 Å². The van der Waals surface area contributed by atoms with Gasteiger partial charge in [0.05, 0.1) is 16.7 Å². The second kappa shape index (κ2) is 7.25. The van der Waals surface area contributed by atoms with Gasteiger partial charge in [-0.25, -0.2) is 4.98 Å². The number of nitrogens with one attached hydrogen (secondary N) is 2. The molecule has 8 heteroatoms. The van der Waals surface area contributed by atoms with Crippen molar-refractivity contribution in [3.05, 3.63) is 49.2 Å². The van der Waals surface area contributed by atoms with E-state index in [1.807, 2.05) is 52.7 Å². The van der Waals surface area contributed by atoms with Crippen LogP contribution in [-0.2, 0) is 0 Å². The number of para-hydroxylation sites is 1. The van der Waals surface area contributed by atoms with Crippen LogP contribution < -0.4 is 10.6 Å². The Labute approximate surface area is 155 Å². The molecule has 0 aliphatic heterocycles. The standard InChI is InChI=1S/C18H20N6OS/c1-12(21-14-5-3-7-16-17(14)19-11-25-16)9-26-13(2)22-15-6-4-8-24-10-20-23-18(15)24/h3-8,10-13,21-22H,9H2,1-2H3. The van der Waals surface area contributed by atoms with E-state index in [2.05, 4.69) is 39.7 Å². The molecule has 7 nitrogen and oxygen atoms in total. The minimum atomic E-state index is 0.241. The van der Waals surface area contributed by atoms with Crippen LogP contribution in [0, 0.1) is 0 Å². The minimum absolute atomic E-state index is 0.241. The molecular formula is C18H20N6OS. The minimum Gasteiger partial charge on any atom is -0.443 e. The van der Waals surface area contributed by atoms with Crippen molar-refractivity contribution in [1.82, 2.24) is 19.6 Å². The van der Waals surface area contributed by atoms with Crippen LogP contribution >= 0.6 is 11.8 Å². The number of anilines is 2. The van der Waals surface area contributed by atoms with Gasteiger partial charge in [-0.1, -0.05) is 6.07 Å². The molecule has 0 aliphatic carbocycles. The topological polar surface area (TPSA) is 80.3 Å². The second-order valence-electron chi connectivity index (χ2n) is 6.15. The maximum absolute atomic E-state index is 5.35. The molecule has 1 aromatic carbocycles. The van der Waals surface area contributed by atoms with Crippen molar-refractivity contribution in [3.63, 3.8) is 0 Å². The summed E-state index contributed by atoms with van der Waals surface area (Å²) in [6, 6.07) is 10.2. The average molecular weight is 368 g/mol. The third-order valence-corrected chi connectivity index (χ3v) is 5.35. The predicted octanol–water partition coefficient (Wildman–Crippen LogP) is 3.86. The SMILES string of the molecule is CC(CSC(C)Nc1cccn2cnnc12)Nc1cccc2ocnc12. The molecular weight excluding hydrogens is 348 g/mol. The molecule has 0 saturated heterocycles. The monoisotopic (exact) mass is 368 g/mol. The van der Waals surface area contributed by atoms with Crippen molar-refractivity contribution >= 4 is 39.9 Å². The summed E-state index contributed by atoms with van der Waals surface area (Å²) < 4.78 is 7.26. The first-order chi connectivity index (χ1) is 12.7. The van der Waals surface area contributed by atoms with Crippen LogP contribution in [0.4, 0.5) is 11.4 Å². The normalized spacial score (nSPS) is 13.8. The van der Waals surface area contributed by atoms with Gasteiger partial charge < -0.3 is 15.1 Å². The molecule has 0 saturated carbocycles. The summed E-state index contributed by atoms with van der Waals surface area (Å²) in [5.41, 5.74) is 4.49. The summed E-state index contributed by atoms with van der Waals surface area (Å²) in [4.78, 5) is 4.28. The van der Waals surface area contributed by atoms with E-state index in [9.17, 15) is 0 Å². The Bertz CT molecular complexity index is 931. The molecule has 4 aromatic rings. The highest BCUT2D eigenvalue weighted by molar-refractivity contribution is 8.00. The summed E-state index contributed by atoms with van der Waals surface area (Å²) in [5.74, 6) is 0.943. The molecule has 4 rings (SSSR count). The molecule has 0 radical (unpaired) electrons. The molecule has 3 aromatic heterocycles. The first kappa shape index (κ1) is 16.7. The zero-order chi connectivity index (χ0) is 17.9. The van der Waals surface area contributed by atoms with Crippen molar-refractivity contribution in [2.75, 3.05) is 16.4 Å². The van der Waals surface area contributed by atoms with Gasteiger partial charge in [0.25, 0.3) is 0 Å². The van der Waals surface area contributed by atoms with Gasteiger partial charge in [-0.05, 0) is 38.1 Å². The lowest BCUT2D eigenvalue weighted by molar-refractivity contribution is 0.602. The molecule has 0 fully saturated rings. The van der Waals surface area contributed by atoms with Crippen LogP contribution in [0.1, 0.15) is 13.8 Å². The second-order valence-corrected chi connectivity index (χ2v) is 7.53. The van der Waals surface area contributed by atoms with Crippen LogP contribution in [0.5, 0.6) is 0 Å². The van der Waals surface area contributed by atoms with Crippen molar-refractivity contribution in [1.29, 1.82) is 0 Å². The zero-order valence-corrected chi connectivity index (χ0v) is 15.4. The van der Waals surface area contributed by atoms with E-state index in [-0.39, 0.29) is 11.4 Å². The van der Waals surface area contributed by atoms with Crippen molar-refractivity contribution in [2.24, 2.45) is 0 Å². The summed E-state index contributed by atoms with van der Waals surface area (Å²) in [5, 5.41) is 15.4. The van der Waals surface area contributed by atoms with Gasteiger partial charge >= 0.3 is 0 Å². The van der Waals surface area contributed by atoms with E-state index >= 15 is 0 Å². The smallest absolute Gasteiger partial charge is 0.184 e. The number of aromatic nitrogens is 4. The number of hydrogen-bond acceptors (Lipinski definition) is 7. The maximum atomic E-state index is 5.35. The molecule has 0 amide bonds. The average Bonchev–Trinajstić information content (AvgIpc) is 3.30. The van der Waals surface area contributed by atoms with Gasteiger partial charge in [-0.3, -0.25) is 4.40 Å². The van der Waals surface area contributed by atoms with Crippen LogP contribution in [0.2, 0.25) is 0 Å². The van der Waals surface area contributed by atoms with E-state index in [0.717, 1.165) is 33.9 Å². The summed E-state index contributed by atoms with van der Waals surface area (Å²) in [7, 11) is 0. The Balaban J connectivity index is 1.34. The van der Waals surface area contributed by atoms with Crippen LogP contribution in [0.15, 0.2) is 53.7 Å². The van der Waals surface area contributed by atoms with Gasteiger partial charge in [0.1, 0.15) is 11.8 Å². The fourth-order valence-corrected chi connectivity index (χ4v) is 3.69. The molecule has 134 valence electrons. The molecule has 0 bridgehead atoms. The fraction of sp³-hybridized carbons (Fsp3) is 0.278. The Hall–Kier alpha value is -2.74. The molecule has 26 heavy (non-hydrogen) atoms. The molecule has 0 aliphatic rings. The fourth-order valence-electron chi connectivity index (χ4n) is 2.82. The summed E-state index contributed by atoms with van der Waals surface area (Å²) in [6.45, 7) is 4.31. The summed E-state index contributed by atoms with van der Waals surface area (Å²) >= 11 is 1.84. The molecule has 2 N–H and O–H groups in total. The highest BCUT2D eigenvalue weighted by Gasteiger charge is 2.11. The summed E-state index contributed by atoms with van der Waals surface area (Å²) in [6.07, 6.45) is 5.12. The molecule has 2 unspecified atom stereocenters. The highest BCUT2D eigenvalue weighted by atomic mass is 32.2. The number of hydrogen-bond donors (Lipinski definition) is 2. The third-order valence-electron chi connectivity index (χ3n) is 4.04. The van der Waals surface area contributed by atoms with Crippen molar-refractivity contribution in [2.45, 2.75) is 25.3 Å². The van der Waals surface area contributed by atoms with Gasteiger partial charge in [-0.15, -0.1) is 22.0 Å². The lowest BCUT2D eigenvalue weighted by atomic mass is 10.2. The first-order valence-corrected chi connectivity index (χ1v) is 9.51. The predicted molar refractivity (Wildman–Crippen MR) is 106 cm³/mol. The Morgan fingerprint density at radius 3 is 2.96 bits per heavy atom. The van der Waals surface area contributed by atoms with E-state index in [1.165, 1.54) is 6.39 Å². The highest BCUT2D eigenvalue weighted by Crippen LogP contribution is 2.24. The third kappa shape index (κ3) is 3.45. The number of oxazole rings is 1. The van der Waals surface area contributed by atoms with Crippen LogP contribution in [-0.4, -0.2) is 36.8 Å². The number of pyridine rings is 1. The van der Waals surface area contributed by atoms with Crippen molar-refractivity contribution in [3.8, 4) is 0 Å². The van der Waals surface area contributed by atoms with Gasteiger partial charge in [0.2, 0.25) is 0 Å². The number of fused-ring (bicyclic) bond motifs is 2. The zero-order valence-electron chi connectivity index (χ0n) is 14.6. The Morgan fingerprint density at radius 2 is 2.04 bits per heavy atom. The molecule has 2 atom stereocenters. The quantitative estimate of drug-likeness (QED) is 0.479. The first-order valence-electron chi connectivity index (χ1n) is 8.46. The lowest BCUT2D eigenvalue weighted by Gasteiger charge is -2.19. The van der Waals surface area contributed by atoms with Crippen LogP contribution in [0.25, 0.3) is 16.7 Å². The largest absolute Gasteiger partial charge is 0.443 e. The number of benzene rings is 1. The van der Waals surface area contributed by atoms with Gasteiger partial charge in [0.15, 0.2) is 17.6 Å². The molecule has 0 spiro atoms. The Kier molecular flexibility index (Phi) is 4.66. The van der Waals surface area contributed by atoms with Gasteiger partial charge in [0, 0.05) is 18.0 Å². The Morgan fingerprint density at radius 1 is 1.15 bits per heavy atom.